The van der Waals surface area contributed by atoms with Gasteiger partial charge in [0, 0.05) is 38.8 Å². The van der Waals surface area contributed by atoms with E-state index in [1.54, 1.807) is 16.4 Å². The topological polar surface area (TPSA) is 52.7 Å². The fourth-order valence-corrected chi connectivity index (χ4v) is 4.54. The molecular weight excluding hydrogens is 286 g/mol. The minimum absolute atomic E-state index is 0.407. The van der Waals surface area contributed by atoms with E-state index in [2.05, 4.69) is 10.2 Å². The van der Waals surface area contributed by atoms with Crippen molar-refractivity contribution in [3.8, 4) is 0 Å². The lowest BCUT2D eigenvalue weighted by Crippen LogP contribution is -2.52. The second-order valence-electron chi connectivity index (χ2n) is 5.90. The maximum absolute atomic E-state index is 12.6. The fourth-order valence-electron chi connectivity index (χ4n) is 3.12. The van der Waals surface area contributed by atoms with Gasteiger partial charge in [0.15, 0.2) is 0 Å². The monoisotopic (exact) mass is 309 g/mol. The van der Waals surface area contributed by atoms with Gasteiger partial charge in [0.2, 0.25) is 10.0 Å². The normalized spacial score (nSPS) is 25.3. The SMILES string of the molecule is Cc1ccc(S(=O)(=O)N2CCN(C3CCNC3)CC2)cc1. The van der Waals surface area contributed by atoms with Gasteiger partial charge in [-0.2, -0.15) is 4.31 Å². The lowest BCUT2D eigenvalue weighted by atomic mass is 10.2. The van der Waals surface area contributed by atoms with Crippen LogP contribution in [0.1, 0.15) is 12.0 Å². The van der Waals surface area contributed by atoms with E-state index in [1.807, 2.05) is 19.1 Å². The zero-order chi connectivity index (χ0) is 14.9. The largest absolute Gasteiger partial charge is 0.315 e. The molecule has 0 amide bonds. The van der Waals surface area contributed by atoms with Gasteiger partial charge in [-0.15, -0.1) is 0 Å². The number of hydrogen-bond donors (Lipinski definition) is 1. The van der Waals surface area contributed by atoms with E-state index in [1.165, 1.54) is 6.42 Å². The van der Waals surface area contributed by atoms with E-state index >= 15 is 0 Å². The summed E-state index contributed by atoms with van der Waals surface area (Å²) >= 11 is 0. The predicted molar refractivity (Wildman–Crippen MR) is 82.8 cm³/mol. The Labute approximate surface area is 127 Å². The summed E-state index contributed by atoms with van der Waals surface area (Å²) in [5.74, 6) is 0. The van der Waals surface area contributed by atoms with E-state index in [9.17, 15) is 8.42 Å². The molecule has 21 heavy (non-hydrogen) atoms. The molecule has 2 aliphatic rings. The number of benzene rings is 1. The number of hydrogen-bond acceptors (Lipinski definition) is 4. The molecule has 0 spiro atoms. The lowest BCUT2D eigenvalue weighted by Gasteiger charge is -2.37. The Morgan fingerprint density at radius 2 is 1.76 bits per heavy atom. The number of aryl methyl sites for hydroxylation is 1. The lowest BCUT2D eigenvalue weighted by molar-refractivity contribution is 0.145. The van der Waals surface area contributed by atoms with Crippen molar-refractivity contribution >= 4 is 10.0 Å². The second kappa shape index (κ2) is 6.04. The summed E-state index contributed by atoms with van der Waals surface area (Å²) in [6.07, 6.45) is 1.17. The van der Waals surface area contributed by atoms with Crippen molar-refractivity contribution in [2.45, 2.75) is 24.3 Å². The highest BCUT2D eigenvalue weighted by Crippen LogP contribution is 2.20. The summed E-state index contributed by atoms with van der Waals surface area (Å²) in [4.78, 5) is 2.82. The van der Waals surface area contributed by atoms with Crippen LogP contribution in [-0.4, -0.2) is 62.9 Å². The molecule has 0 aliphatic carbocycles. The molecule has 116 valence electrons. The molecule has 2 heterocycles. The molecule has 0 saturated carbocycles. The third-order valence-electron chi connectivity index (χ3n) is 4.48. The Balaban J connectivity index is 1.66. The number of nitrogens with one attached hydrogen (secondary N) is 1. The molecule has 2 saturated heterocycles. The van der Waals surface area contributed by atoms with Crippen LogP contribution in [0.15, 0.2) is 29.2 Å². The average molecular weight is 309 g/mol. The molecule has 1 N–H and O–H groups in total. The number of sulfonamides is 1. The molecule has 1 unspecified atom stereocenters. The Bertz CT molecular complexity index is 571. The first kappa shape index (κ1) is 15.0. The van der Waals surface area contributed by atoms with E-state index in [4.69, 9.17) is 0 Å². The molecular formula is C15H23N3O2S. The van der Waals surface area contributed by atoms with Crippen molar-refractivity contribution in [3.63, 3.8) is 0 Å². The van der Waals surface area contributed by atoms with Crippen LogP contribution in [0.5, 0.6) is 0 Å². The molecule has 6 heteroatoms. The van der Waals surface area contributed by atoms with Gasteiger partial charge >= 0.3 is 0 Å². The predicted octanol–water partition coefficient (Wildman–Crippen LogP) is 0.663. The van der Waals surface area contributed by atoms with Crippen molar-refractivity contribution in [1.29, 1.82) is 0 Å². The number of nitrogens with zero attached hydrogens (tertiary/aromatic N) is 2. The highest BCUT2D eigenvalue weighted by molar-refractivity contribution is 7.89. The molecule has 2 aliphatic heterocycles. The van der Waals surface area contributed by atoms with Crippen molar-refractivity contribution in [3.05, 3.63) is 29.8 Å². The van der Waals surface area contributed by atoms with Crippen LogP contribution < -0.4 is 5.32 Å². The zero-order valence-electron chi connectivity index (χ0n) is 12.5. The molecule has 1 aromatic carbocycles. The Kier molecular flexibility index (Phi) is 4.31. The summed E-state index contributed by atoms with van der Waals surface area (Å²) in [6.45, 7) is 6.91. The summed E-state index contributed by atoms with van der Waals surface area (Å²) in [6, 6.07) is 7.70. The number of rotatable bonds is 3. The first-order valence-electron chi connectivity index (χ1n) is 7.59. The smallest absolute Gasteiger partial charge is 0.243 e. The van der Waals surface area contributed by atoms with Crippen molar-refractivity contribution in [2.75, 3.05) is 39.3 Å². The standard InChI is InChI=1S/C15H23N3O2S/c1-13-2-4-15(5-3-13)21(19,20)18-10-8-17(9-11-18)14-6-7-16-12-14/h2-5,14,16H,6-12H2,1H3. The van der Waals surface area contributed by atoms with Crippen LogP contribution in [0.4, 0.5) is 0 Å². The maximum atomic E-state index is 12.6. The van der Waals surface area contributed by atoms with E-state index < -0.39 is 10.0 Å². The quantitative estimate of drug-likeness (QED) is 0.891. The zero-order valence-corrected chi connectivity index (χ0v) is 13.3. The van der Waals surface area contributed by atoms with Crippen LogP contribution in [0.25, 0.3) is 0 Å². The third kappa shape index (κ3) is 3.13. The highest BCUT2D eigenvalue weighted by atomic mass is 32.2. The second-order valence-corrected chi connectivity index (χ2v) is 7.84. The van der Waals surface area contributed by atoms with Gasteiger partial charge in [-0.25, -0.2) is 8.42 Å². The van der Waals surface area contributed by atoms with Crippen LogP contribution in [-0.2, 0) is 10.0 Å². The van der Waals surface area contributed by atoms with E-state index in [0.29, 0.717) is 24.0 Å². The van der Waals surface area contributed by atoms with Gasteiger partial charge in [0.05, 0.1) is 4.90 Å². The minimum Gasteiger partial charge on any atom is -0.315 e. The Hall–Kier alpha value is -0.950. The maximum Gasteiger partial charge on any atom is 0.243 e. The summed E-state index contributed by atoms with van der Waals surface area (Å²) in [5.41, 5.74) is 1.08. The molecule has 5 nitrogen and oxygen atoms in total. The van der Waals surface area contributed by atoms with Crippen LogP contribution >= 0.6 is 0 Å². The summed E-state index contributed by atoms with van der Waals surface area (Å²) in [7, 11) is -3.33. The van der Waals surface area contributed by atoms with Crippen LogP contribution in [0.3, 0.4) is 0 Å². The van der Waals surface area contributed by atoms with Gasteiger partial charge < -0.3 is 5.32 Å². The Morgan fingerprint density at radius 1 is 1.10 bits per heavy atom. The van der Waals surface area contributed by atoms with Gasteiger partial charge in [-0.3, -0.25) is 4.90 Å². The molecule has 0 aromatic heterocycles. The van der Waals surface area contributed by atoms with Crippen LogP contribution in [0.2, 0.25) is 0 Å². The average Bonchev–Trinajstić information content (AvgIpc) is 3.02. The minimum atomic E-state index is -3.33. The van der Waals surface area contributed by atoms with Gasteiger partial charge in [0.1, 0.15) is 0 Å². The van der Waals surface area contributed by atoms with Crippen LogP contribution in [0, 0.1) is 6.92 Å². The fraction of sp³-hybridized carbons (Fsp3) is 0.600. The van der Waals surface area contributed by atoms with Crippen molar-refractivity contribution in [2.24, 2.45) is 0 Å². The third-order valence-corrected chi connectivity index (χ3v) is 6.40. The molecule has 1 atom stereocenters. The summed E-state index contributed by atoms with van der Waals surface area (Å²) < 4.78 is 26.9. The Morgan fingerprint density at radius 3 is 2.33 bits per heavy atom. The van der Waals surface area contributed by atoms with E-state index in [-0.39, 0.29) is 0 Å². The highest BCUT2D eigenvalue weighted by Gasteiger charge is 2.31. The molecule has 0 bridgehead atoms. The van der Waals surface area contributed by atoms with E-state index in [0.717, 1.165) is 31.7 Å². The van der Waals surface area contributed by atoms with Gasteiger partial charge in [-0.1, -0.05) is 17.7 Å². The van der Waals surface area contributed by atoms with Crippen molar-refractivity contribution < 1.29 is 8.42 Å². The first-order chi connectivity index (χ1) is 10.1. The van der Waals surface area contributed by atoms with Gasteiger partial charge in [-0.05, 0) is 32.0 Å². The van der Waals surface area contributed by atoms with Gasteiger partial charge in [0.25, 0.3) is 0 Å². The van der Waals surface area contributed by atoms with Crippen molar-refractivity contribution in [1.82, 2.24) is 14.5 Å². The summed E-state index contributed by atoms with van der Waals surface area (Å²) in [5, 5.41) is 3.37. The first-order valence-corrected chi connectivity index (χ1v) is 9.03. The molecule has 0 radical (unpaired) electrons. The number of piperazine rings is 1. The molecule has 3 rings (SSSR count). The molecule has 2 fully saturated rings. The molecule has 1 aromatic rings.